The second kappa shape index (κ2) is 5.67. The van der Waals surface area contributed by atoms with Crippen molar-refractivity contribution in [3.63, 3.8) is 0 Å². The van der Waals surface area contributed by atoms with E-state index in [-0.39, 0.29) is 0 Å². The van der Waals surface area contributed by atoms with Crippen LogP contribution in [0.4, 0.5) is 17.1 Å². The number of amidine groups is 1. The smallest absolute Gasteiger partial charge is 0.161 e. The molecule has 0 bridgehead atoms. The highest BCUT2D eigenvalue weighted by molar-refractivity contribution is 8.14. The average molecular weight is 347 g/mol. The largest absolute Gasteiger partial charge is 0.332 e. The van der Waals surface area contributed by atoms with Crippen LogP contribution in [0.3, 0.4) is 0 Å². The van der Waals surface area contributed by atoms with Gasteiger partial charge in [-0.15, -0.1) is 0 Å². The van der Waals surface area contributed by atoms with Gasteiger partial charge in [-0.05, 0) is 12.0 Å². The van der Waals surface area contributed by atoms with Crippen LogP contribution in [0.25, 0.3) is 0 Å². The zero-order chi connectivity index (χ0) is 14.3. The Balaban J connectivity index is 1.92. The zero-order valence-corrected chi connectivity index (χ0v) is 14.0. The molecule has 2 aliphatic heterocycles. The minimum absolute atomic E-state index is 0.345. The van der Waals surface area contributed by atoms with Crippen LogP contribution in [0.2, 0.25) is 10.0 Å². The van der Waals surface area contributed by atoms with E-state index in [0.717, 1.165) is 28.0 Å². The number of aliphatic imine (C=N–C) groups is 1. The number of rotatable bonds is 2. The number of hydrogen-bond acceptors (Lipinski definition) is 5. The maximum atomic E-state index is 6.27. The van der Waals surface area contributed by atoms with Gasteiger partial charge in [0.2, 0.25) is 0 Å². The number of fused-ring (bicyclic) bond motifs is 1. The van der Waals surface area contributed by atoms with Gasteiger partial charge in [-0.3, -0.25) is 4.99 Å². The number of benzene rings is 1. The molecule has 1 atom stereocenters. The first-order valence-corrected chi connectivity index (χ1v) is 8.61. The molecule has 20 heavy (non-hydrogen) atoms. The normalized spacial score (nSPS) is 20.1. The Morgan fingerprint density at radius 1 is 1.25 bits per heavy atom. The highest BCUT2D eigenvalue weighted by Gasteiger charge is 2.24. The summed E-state index contributed by atoms with van der Waals surface area (Å²) in [5.41, 5.74) is 2.10. The van der Waals surface area contributed by atoms with Crippen molar-refractivity contribution < 1.29 is 0 Å². The topological polar surface area (TPSA) is 49.1 Å². The quantitative estimate of drug-likeness (QED) is 0.806. The molecule has 4 nitrogen and oxygen atoms in total. The summed E-state index contributed by atoms with van der Waals surface area (Å²) in [5.74, 6) is 1.52. The molecule has 0 amide bonds. The first-order chi connectivity index (χ1) is 9.56. The van der Waals surface area contributed by atoms with Gasteiger partial charge in [0.25, 0.3) is 0 Å². The van der Waals surface area contributed by atoms with Crippen LogP contribution < -0.4 is 5.32 Å². The van der Waals surface area contributed by atoms with Crippen molar-refractivity contribution in [1.29, 1.82) is 0 Å². The third-order valence-electron chi connectivity index (χ3n) is 3.12. The molecule has 0 aromatic heterocycles. The Kier molecular flexibility index (Phi) is 4.08. The number of hydrogen-bond donors (Lipinski definition) is 1. The molecule has 1 N–H and O–H groups in total. The molecule has 2 heterocycles. The fourth-order valence-corrected chi connectivity index (χ4v) is 4.23. The fourth-order valence-electron chi connectivity index (χ4n) is 1.90. The molecule has 0 fully saturated rings. The monoisotopic (exact) mass is 346 g/mol. The Labute approximate surface area is 135 Å². The Morgan fingerprint density at radius 2 is 2.00 bits per heavy atom. The minimum atomic E-state index is 0.345. The molecule has 0 aliphatic carbocycles. The third-order valence-corrected chi connectivity index (χ3v) is 5.22. The van der Waals surface area contributed by atoms with Crippen molar-refractivity contribution in [2.45, 2.75) is 19.9 Å². The van der Waals surface area contributed by atoms with Crippen molar-refractivity contribution in [2.75, 3.05) is 11.1 Å². The highest BCUT2D eigenvalue weighted by atomic mass is 35.5. The van der Waals surface area contributed by atoms with Crippen LogP contribution in [0.5, 0.6) is 0 Å². The number of thioether (sulfide) groups is 1. The molecular weight excluding hydrogens is 335 g/mol. The van der Waals surface area contributed by atoms with E-state index in [9.17, 15) is 0 Å². The Morgan fingerprint density at radius 3 is 2.70 bits per heavy atom. The van der Waals surface area contributed by atoms with E-state index < -0.39 is 0 Å². The van der Waals surface area contributed by atoms with Crippen LogP contribution in [-0.2, 0) is 11.4 Å². The summed E-state index contributed by atoms with van der Waals surface area (Å²) in [6, 6.07) is 2.03. The third kappa shape index (κ3) is 2.62. The number of halogens is 2. The van der Waals surface area contributed by atoms with Crippen molar-refractivity contribution in [1.82, 2.24) is 0 Å². The fraction of sp³-hybridized carbons (Fsp3) is 0.417. The average Bonchev–Trinajstić information content (AvgIpc) is 3.03. The predicted octanol–water partition coefficient (Wildman–Crippen LogP) is 5.26. The maximum absolute atomic E-state index is 6.27. The Bertz CT molecular complexity index is 666. The van der Waals surface area contributed by atoms with E-state index in [1.807, 2.05) is 0 Å². The molecular formula is C12H12Cl2N4S2. The lowest BCUT2D eigenvalue weighted by atomic mass is 10.1. The summed E-state index contributed by atoms with van der Waals surface area (Å²) >= 11 is 15.2. The van der Waals surface area contributed by atoms with E-state index >= 15 is 0 Å². The Hall–Kier alpha value is -0.560. The molecule has 0 saturated heterocycles. The van der Waals surface area contributed by atoms with Gasteiger partial charge < -0.3 is 5.32 Å². The van der Waals surface area contributed by atoms with E-state index in [4.69, 9.17) is 23.2 Å². The molecule has 0 saturated carbocycles. The predicted molar refractivity (Wildman–Crippen MR) is 90.1 cm³/mol. The van der Waals surface area contributed by atoms with Gasteiger partial charge >= 0.3 is 0 Å². The van der Waals surface area contributed by atoms with Crippen LogP contribution in [0.15, 0.2) is 19.8 Å². The van der Waals surface area contributed by atoms with Crippen molar-refractivity contribution in [3.8, 4) is 0 Å². The van der Waals surface area contributed by atoms with Gasteiger partial charge in [0.05, 0.1) is 33.1 Å². The summed E-state index contributed by atoms with van der Waals surface area (Å²) in [4.78, 5) is 4.67. The summed E-state index contributed by atoms with van der Waals surface area (Å²) in [7, 11) is 0. The van der Waals surface area contributed by atoms with Gasteiger partial charge in [0.1, 0.15) is 11.4 Å². The van der Waals surface area contributed by atoms with Gasteiger partial charge in [-0.25, -0.2) is 0 Å². The van der Waals surface area contributed by atoms with E-state index in [2.05, 4.69) is 32.9 Å². The van der Waals surface area contributed by atoms with Gasteiger partial charge in [0, 0.05) is 5.75 Å². The van der Waals surface area contributed by atoms with Gasteiger partial charge in [0.15, 0.2) is 5.17 Å². The van der Waals surface area contributed by atoms with Gasteiger partial charge in [-0.1, -0.05) is 48.8 Å². The lowest BCUT2D eigenvalue weighted by Gasteiger charge is -2.11. The van der Waals surface area contributed by atoms with Crippen molar-refractivity contribution >= 4 is 68.5 Å². The highest BCUT2D eigenvalue weighted by Crippen LogP contribution is 2.48. The van der Waals surface area contributed by atoms with Crippen LogP contribution in [0, 0.1) is 5.92 Å². The summed E-state index contributed by atoms with van der Waals surface area (Å²) in [6.45, 7) is 4.35. The second-order valence-electron chi connectivity index (χ2n) is 4.86. The zero-order valence-electron chi connectivity index (χ0n) is 10.9. The first-order valence-electron chi connectivity index (χ1n) is 6.14. The maximum Gasteiger partial charge on any atom is 0.161 e. The number of nitrogens with zero attached hydrogens (tertiary/aromatic N) is 3. The van der Waals surface area contributed by atoms with E-state index in [0.29, 0.717) is 33.4 Å². The SMILES string of the molecule is CC(C)C1CSC(Nc2c(Cl)cc(Cl)c3c2N=S=N3)=N1. The van der Waals surface area contributed by atoms with Gasteiger partial charge in [-0.2, -0.15) is 8.73 Å². The molecule has 2 aliphatic rings. The molecule has 0 spiro atoms. The molecule has 0 radical (unpaired) electrons. The van der Waals surface area contributed by atoms with Crippen molar-refractivity contribution in [2.24, 2.45) is 19.6 Å². The van der Waals surface area contributed by atoms with Crippen molar-refractivity contribution in [3.05, 3.63) is 16.1 Å². The molecule has 1 unspecified atom stereocenters. The standard InChI is InChI=1S/C12H12Cl2N4S2/c1-5(2)8-4-19-12(15-8)16-9-6(13)3-7(14)10-11(9)18-20-17-10/h3,5,8H,4H2,1-2H3,(H,15,16). The number of anilines is 1. The van der Waals surface area contributed by atoms with Crippen LogP contribution in [-0.4, -0.2) is 17.0 Å². The molecule has 8 heteroatoms. The van der Waals surface area contributed by atoms with Crippen LogP contribution in [0.1, 0.15) is 13.8 Å². The van der Waals surface area contributed by atoms with E-state index in [1.54, 1.807) is 17.8 Å². The molecule has 106 valence electrons. The lowest BCUT2D eigenvalue weighted by Crippen LogP contribution is -2.12. The molecule has 3 rings (SSSR count). The lowest BCUT2D eigenvalue weighted by molar-refractivity contribution is 0.543. The minimum Gasteiger partial charge on any atom is -0.332 e. The molecule has 1 aromatic rings. The summed E-state index contributed by atoms with van der Waals surface area (Å²) < 4.78 is 8.46. The van der Waals surface area contributed by atoms with E-state index in [1.165, 1.54) is 0 Å². The van der Waals surface area contributed by atoms with Crippen LogP contribution >= 0.6 is 35.0 Å². The first kappa shape index (κ1) is 14.4. The second-order valence-corrected chi connectivity index (χ2v) is 7.21. The number of nitrogens with one attached hydrogen (secondary N) is 1. The summed E-state index contributed by atoms with van der Waals surface area (Å²) in [6.07, 6.45) is 0. The summed E-state index contributed by atoms with van der Waals surface area (Å²) in [5, 5.41) is 5.21. The molecule has 1 aromatic carbocycles.